The van der Waals surface area contributed by atoms with Crippen molar-refractivity contribution in [2.45, 2.75) is 84.0 Å². The van der Waals surface area contributed by atoms with Gasteiger partial charge in [-0.1, -0.05) is 64.7 Å². The summed E-state index contributed by atoms with van der Waals surface area (Å²) in [6, 6.07) is 0. The molecule has 0 fully saturated rings. The molecule has 0 aliphatic carbocycles. The summed E-state index contributed by atoms with van der Waals surface area (Å²) in [5.74, 6) is -2.73. The molecule has 0 unspecified atom stereocenters. The van der Waals surface area contributed by atoms with E-state index in [-0.39, 0.29) is 88.7 Å². The second kappa shape index (κ2) is 31.7. The Morgan fingerprint density at radius 3 is 1.26 bits per heavy atom. The molecule has 0 aromatic carbocycles. The first-order valence-corrected chi connectivity index (χ1v) is 7.73. The molecule has 23 heavy (non-hydrogen) atoms. The van der Waals surface area contributed by atoms with Gasteiger partial charge in [-0.2, -0.15) is 6.42 Å². The molecule has 0 aromatic rings. The maximum atomic E-state index is 9.50. The Kier molecular flexibility index (Phi) is 49.5. The Labute approximate surface area is 208 Å². The van der Waals surface area contributed by atoms with Gasteiger partial charge in [0.25, 0.3) is 0 Å². The zero-order valence-electron chi connectivity index (χ0n) is 15.8. The van der Waals surface area contributed by atoms with Crippen molar-refractivity contribution in [2.75, 3.05) is 0 Å². The largest absolute Gasteiger partial charge is 1.00 e. The normalized spacial score (nSPS) is 8.43. The van der Waals surface area contributed by atoms with E-state index < -0.39 is 24.8 Å². The van der Waals surface area contributed by atoms with Crippen molar-refractivity contribution in [3.05, 3.63) is 6.92 Å². The van der Waals surface area contributed by atoms with Gasteiger partial charge in [0.1, 0.15) is 0 Å². The maximum absolute atomic E-state index is 9.50. The van der Waals surface area contributed by atoms with Crippen LogP contribution in [0.3, 0.4) is 0 Å². The summed E-state index contributed by atoms with van der Waals surface area (Å²) in [4.78, 5) is 19.0. The van der Waals surface area contributed by atoms with Crippen LogP contribution in [0.4, 0.5) is 0 Å². The molecule has 0 radical (unpaired) electrons. The summed E-state index contributed by atoms with van der Waals surface area (Å²) in [7, 11) is 0. The third-order valence-electron chi connectivity index (χ3n) is 2.89. The molecule has 0 amide bonds. The van der Waals surface area contributed by atoms with Gasteiger partial charge in [-0.3, -0.25) is 0 Å². The molecule has 120 valence electrons. The number of carbonyl (C=O) groups is 2. The molecule has 0 bridgehead atoms. The molecule has 0 saturated carbocycles. The van der Waals surface area contributed by atoms with Crippen LogP contribution in [0.15, 0.2) is 0 Å². The zero-order valence-corrected chi connectivity index (χ0v) is 21.8. The summed E-state index contributed by atoms with van der Waals surface area (Å²) < 4.78 is 0. The Morgan fingerprint density at radius 2 is 1.00 bits per heavy atom. The van der Waals surface area contributed by atoms with Crippen molar-refractivity contribution in [1.82, 2.24) is 0 Å². The van der Waals surface area contributed by atoms with E-state index >= 15 is 0 Å². The Hall–Kier alpha value is 1.94. The van der Waals surface area contributed by atoms with E-state index in [1.165, 1.54) is 57.8 Å². The third-order valence-corrected chi connectivity index (χ3v) is 2.89. The quantitative estimate of drug-likeness (QED) is 0.198. The van der Waals surface area contributed by atoms with E-state index in [1.807, 2.05) is 0 Å². The molecule has 7 heteroatoms. The number of hydrogen-bond donors (Lipinski definition) is 0. The first-order chi connectivity index (χ1) is 9.54. The van der Waals surface area contributed by atoms with Crippen molar-refractivity contribution < 1.29 is 108 Å². The molecule has 0 aliphatic heterocycles. The molecule has 0 saturated heterocycles. The molecule has 4 nitrogen and oxygen atoms in total. The predicted octanol–water partition coefficient (Wildman–Crippen LogP) is -6.98. The standard InChI is InChI=1S/C12H25.C4H6O4.3Na/c1-3-5-7-9-11-12-10-8-6-4-2;5-3(6)1-2-4(7)8;;;/h1,3-12H2,2H3;1-2H2,(H,5,6)(H,7,8);;;/q-1;;3*+1/p-2. The van der Waals surface area contributed by atoms with Gasteiger partial charge in [0.2, 0.25) is 0 Å². The molecule has 0 rings (SSSR count). The smallest absolute Gasteiger partial charge is 0.550 e. The van der Waals surface area contributed by atoms with Gasteiger partial charge in [-0.15, -0.1) is 0 Å². The second-order valence-corrected chi connectivity index (χ2v) is 4.93. The summed E-state index contributed by atoms with van der Waals surface area (Å²) in [6.07, 6.45) is 12.9. The first-order valence-electron chi connectivity index (χ1n) is 7.73. The van der Waals surface area contributed by atoms with Gasteiger partial charge in [-0.05, 0) is 12.8 Å². The van der Waals surface area contributed by atoms with E-state index in [4.69, 9.17) is 0 Å². The Bertz CT molecular complexity index is 215. The molecule has 0 heterocycles. The molecule has 0 spiro atoms. The Balaban J connectivity index is -0.0000000880. The number of hydrogen-bond acceptors (Lipinski definition) is 4. The monoisotopic (exact) mass is 354 g/mol. The molecule has 0 atom stereocenters. The van der Waals surface area contributed by atoms with Crippen LogP contribution in [0.1, 0.15) is 84.0 Å². The van der Waals surface area contributed by atoms with Crippen LogP contribution in [-0.2, 0) is 9.59 Å². The van der Waals surface area contributed by atoms with Gasteiger partial charge in [0.05, 0.1) is 0 Å². The predicted molar refractivity (Wildman–Crippen MR) is 76.4 cm³/mol. The Morgan fingerprint density at radius 1 is 0.696 bits per heavy atom. The van der Waals surface area contributed by atoms with E-state index in [0.717, 1.165) is 6.42 Å². The average molecular weight is 354 g/mol. The number of carboxylic acid groups (broad SMARTS) is 2. The van der Waals surface area contributed by atoms with E-state index in [0.29, 0.717) is 0 Å². The van der Waals surface area contributed by atoms with Crippen molar-refractivity contribution in [1.29, 1.82) is 0 Å². The minimum absolute atomic E-state index is 0. The SMILES string of the molecule is O=C([O-])CCC(=O)[O-].[CH2-]CCCCCCCCCCC.[Na+].[Na+].[Na+]. The minimum Gasteiger partial charge on any atom is -0.550 e. The fourth-order valence-electron chi connectivity index (χ4n) is 1.69. The van der Waals surface area contributed by atoms with Crippen LogP contribution in [-0.4, -0.2) is 11.9 Å². The summed E-state index contributed by atoms with van der Waals surface area (Å²) >= 11 is 0. The zero-order chi connectivity index (χ0) is 15.6. The van der Waals surface area contributed by atoms with Crippen molar-refractivity contribution in [2.24, 2.45) is 0 Å². The van der Waals surface area contributed by atoms with Crippen LogP contribution in [0.2, 0.25) is 0 Å². The maximum Gasteiger partial charge on any atom is 1.00 e. The van der Waals surface area contributed by atoms with E-state index in [1.54, 1.807) is 0 Å². The number of carbonyl (C=O) groups excluding carboxylic acids is 2. The molecule has 0 N–H and O–H groups in total. The van der Waals surface area contributed by atoms with Crippen LogP contribution >= 0.6 is 0 Å². The van der Waals surface area contributed by atoms with Gasteiger partial charge in [-0.25, -0.2) is 0 Å². The van der Waals surface area contributed by atoms with Gasteiger partial charge >= 0.3 is 88.7 Å². The molecule has 0 aliphatic rings. The van der Waals surface area contributed by atoms with E-state index in [2.05, 4.69) is 13.8 Å². The number of aliphatic carboxylic acids is 2. The van der Waals surface area contributed by atoms with Crippen LogP contribution in [0.25, 0.3) is 0 Å². The fourth-order valence-corrected chi connectivity index (χ4v) is 1.69. The van der Waals surface area contributed by atoms with Crippen molar-refractivity contribution in [3.63, 3.8) is 0 Å². The van der Waals surface area contributed by atoms with E-state index in [9.17, 15) is 19.8 Å². The van der Waals surface area contributed by atoms with Crippen molar-refractivity contribution >= 4 is 11.9 Å². The topological polar surface area (TPSA) is 80.3 Å². The molecular formula is C16H29Na3O4. The second-order valence-electron chi connectivity index (χ2n) is 4.93. The van der Waals surface area contributed by atoms with Crippen LogP contribution in [0, 0.1) is 6.92 Å². The first kappa shape index (κ1) is 35.9. The molecule has 0 aromatic heterocycles. The average Bonchev–Trinajstić information content (AvgIpc) is 2.40. The summed E-state index contributed by atoms with van der Waals surface area (Å²) in [6.45, 7) is 6.12. The van der Waals surface area contributed by atoms with Crippen LogP contribution < -0.4 is 98.9 Å². The minimum atomic E-state index is -1.37. The number of rotatable bonds is 12. The van der Waals surface area contributed by atoms with Crippen molar-refractivity contribution in [3.8, 4) is 0 Å². The summed E-state index contributed by atoms with van der Waals surface area (Å²) in [5, 5.41) is 19.0. The van der Waals surface area contributed by atoms with Gasteiger partial charge in [0.15, 0.2) is 0 Å². The van der Waals surface area contributed by atoms with Crippen LogP contribution in [0.5, 0.6) is 0 Å². The third kappa shape index (κ3) is 45.4. The number of unbranched alkanes of at least 4 members (excludes halogenated alkanes) is 9. The summed E-state index contributed by atoms with van der Waals surface area (Å²) in [5.41, 5.74) is 0. The van der Waals surface area contributed by atoms with Gasteiger partial charge < -0.3 is 26.7 Å². The van der Waals surface area contributed by atoms with Gasteiger partial charge in [0, 0.05) is 11.9 Å². The molecular weight excluding hydrogens is 325 g/mol. The fraction of sp³-hybridized carbons (Fsp3) is 0.812. The number of carboxylic acids is 2.